The maximum absolute atomic E-state index is 5.54. The molecule has 3 rings (SSSR count). The van der Waals surface area contributed by atoms with E-state index >= 15 is 0 Å². The first-order valence-electron chi connectivity index (χ1n) is 5.94. The van der Waals surface area contributed by atoms with Gasteiger partial charge in [0, 0.05) is 11.3 Å². The molecule has 5 nitrogen and oxygen atoms in total. The molecular weight excluding hydrogens is 292 g/mol. The molecule has 2 aromatic heterocycles. The molecule has 0 saturated heterocycles. The summed E-state index contributed by atoms with van der Waals surface area (Å²) in [6.45, 7) is 2.05. The van der Waals surface area contributed by atoms with Crippen molar-refractivity contribution in [1.82, 2.24) is 15.2 Å². The van der Waals surface area contributed by atoms with E-state index in [-0.39, 0.29) is 0 Å². The first-order chi connectivity index (χ1) is 9.70. The molecule has 0 aliphatic carbocycles. The van der Waals surface area contributed by atoms with E-state index in [1.165, 1.54) is 16.9 Å². The molecule has 102 valence electrons. The van der Waals surface area contributed by atoms with Crippen molar-refractivity contribution in [2.75, 3.05) is 5.73 Å². The van der Waals surface area contributed by atoms with Crippen molar-refractivity contribution in [1.29, 1.82) is 0 Å². The van der Waals surface area contributed by atoms with Gasteiger partial charge in [0.25, 0.3) is 0 Å². The fourth-order valence-corrected chi connectivity index (χ4v) is 3.13. The highest BCUT2D eigenvalue weighted by atomic mass is 32.2. The van der Waals surface area contributed by atoms with Gasteiger partial charge < -0.3 is 10.2 Å². The molecule has 1 aromatic carbocycles. The summed E-state index contributed by atoms with van der Waals surface area (Å²) in [7, 11) is 0. The molecule has 20 heavy (non-hydrogen) atoms. The molecule has 7 heteroatoms. The van der Waals surface area contributed by atoms with Gasteiger partial charge in [-0.2, -0.15) is 0 Å². The maximum Gasteiger partial charge on any atom is 0.226 e. The summed E-state index contributed by atoms with van der Waals surface area (Å²) >= 11 is 2.92. The van der Waals surface area contributed by atoms with E-state index in [1.54, 1.807) is 18.0 Å². The Hall–Kier alpha value is -1.86. The van der Waals surface area contributed by atoms with Gasteiger partial charge in [0.1, 0.15) is 6.26 Å². The molecule has 0 saturated carbocycles. The fraction of sp³-hybridized carbons (Fsp3) is 0.154. The van der Waals surface area contributed by atoms with Crippen LogP contribution in [0.25, 0.3) is 11.5 Å². The average molecular weight is 304 g/mol. The van der Waals surface area contributed by atoms with Gasteiger partial charge in [-0.3, -0.25) is 0 Å². The molecule has 0 radical (unpaired) electrons. The van der Waals surface area contributed by atoms with Crippen LogP contribution in [0.3, 0.4) is 0 Å². The van der Waals surface area contributed by atoms with Crippen LogP contribution >= 0.6 is 23.1 Å². The minimum Gasteiger partial charge on any atom is -0.444 e. The summed E-state index contributed by atoms with van der Waals surface area (Å²) in [5.74, 6) is 1.32. The van der Waals surface area contributed by atoms with Crippen LogP contribution in [-0.4, -0.2) is 15.2 Å². The van der Waals surface area contributed by atoms with Crippen LogP contribution in [0.2, 0.25) is 0 Å². The average Bonchev–Trinajstić information content (AvgIpc) is 3.06. The topological polar surface area (TPSA) is 77.8 Å². The number of nitrogens with zero attached hydrogens (tertiary/aromatic N) is 3. The molecule has 3 aromatic rings. The molecule has 0 bridgehead atoms. The molecule has 0 aliphatic heterocycles. The highest BCUT2D eigenvalue weighted by Gasteiger charge is 2.08. The van der Waals surface area contributed by atoms with Crippen LogP contribution in [-0.2, 0) is 5.75 Å². The van der Waals surface area contributed by atoms with Gasteiger partial charge in [0.2, 0.25) is 11.0 Å². The smallest absolute Gasteiger partial charge is 0.226 e. The molecule has 0 amide bonds. The van der Waals surface area contributed by atoms with Crippen molar-refractivity contribution in [3.63, 3.8) is 0 Å². The Bertz CT molecular complexity index is 705. The highest BCUT2D eigenvalue weighted by Crippen LogP contribution is 2.27. The van der Waals surface area contributed by atoms with Gasteiger partial charge in [-0.25, -0.2) is 4.98 Å². The summed E-state index contributed by atoms with van der Waals surface area (Å²) in [4.78, 5) is 4.47. The minimum absolute atomic E-state index is 0.480. The quantitative estimate of drug-likeness (QED) is 0.744. The van der Waals surface area contributed by atoms with E-state index in [0.29, 0.717) is 16.8 Å². The second-order valence-corrected chi connectivity index (χ2v) is 6.44. The number of nitrogen functional groups attached to an aromatic ring is 1. The number of thioether (sulfide) groups is 1. The maximum atomic E-state index is 5.54. The molecule has 0 fully saturated rings. The van der Waals surface area contributed by atoms with Gasteiger partial charge >= 0.3 is 0 Å². The molecule has 0 aliphatic rings. The number of hydrogen-bond acceptors (Lipinski definition) is 7. The van der Waals surface area contributed by atoms with E-state index in [2.05, 4.69) is 22.1 Å². The Morgan fingerprint density at radius 2 is 2.05 bits per heavy atom. The van der Waals surface area contributed by atoms with Gasteiger partial charge in [-0.15, -0.1) is 10.2 Å². The van der Waals surface area contributed by atoms with Crippen LogP contribution in [0.1, 0.15) is 11.3 Å². The van der Waals surface area contributed by atoms with Crippen molar-refractivity contribution < 1.29 is 4.42 Å². The van der Waals surface area contributed by atoms with E-state index in [9.17, 15) is 0 Å². The highest BCUT2D eigenvalue weighted by molar-refractivity contribution is 8.00. The first kappa shape index (κ1) is 13.1. The van der Waals surface area contributed by atoms with Crippen LogP contribution in [0.4, 0.5) is 5.13 Å². The van der Waals surface area contributed by atoms with Crippen LogP contribution in [0.5, 0.6) is 0 Å². The van der Waals surface area contributed by atoms with Gasteiger partial charge in [-0.1, -0.05) is 40.8 Å². The lowest BCUT2D eigenvalue weighted by Gasteiger charge is -1.95. The molecule has 0 spiro atoms. The Morgan fingerprint density at radius 1 is 1.25 bits per heavy atom. The lowest BCUT2D eigenvalue weighted by atomic mass is 10.1. The number of hydrogen-bond donors (Lipinski definition) is 1. The largest absolute Gasteiger partial charge is 0.444 e. The standard InChI is InChI=1S/C13H12N4OS2/c1-8-2-4-9(5-3-8)11-15-10(6-18-11)7-19-13-17-16-12(14)20-13/h2-6H,7H2,1H3,(H2,14,16). The zero-order chi connectivity index (χ0) is 13.9. The van der Waals surface area contributed by atoms with E-state index < -0.39 is 0 Å². The third kappa shape index (κ3) is 3.00. The third-order valence-corrected chi connectivity index (χ3v) is 4.54. The SMILES string of the molecule is Cc1ccc(-c2nc(CSc3nnc(N)s3)co2)cc1. The first-order valence-corrected chi connectivity index (χ1v) is 7.74. The van der Waals surface area contributed by atoms with E-state index in [1.807, 2.05) is 24.3 Å². The minimum atomic E-state index is 0.480. The summed E-state index contributed by atoms with van der Waals surface area (Å²) < 4.78 is 6.34. The summed E-state index contributed by atoms with van der Waals surface area (Å²) in [6, 6.07) is 8.09. The summed E-state index contributed by atoms with van der Waals surface area (Å²) in [5, 5.41) is 8.20. The monoisotopic (exact) mass is 304 g/mol. The number of aryl methyl sites for hydroxylation is 1. The predicted molar refractivity (Wildman–Crippen MR) is 80.6 cm³/mol. The zero-order valence-corrected chi connectivity index (χ0v) is 12.4. The van der Waals surface area contributed by atoms with Crippen molar-refractivity contribution >= 4 is 28.2 Å². The van der Waals surface area contributed by atoms with E-state index in [0.717, 1.165) is 15.6 Å². The van der Waals surface area contributed by atoms with Crippen LogP contribution < -0.4 is 5.73 Å². The Labute approximate surface area is 124 Å². The molecular formula is C13H12N4OS2. The van der Waals surface area contributed by atoms with Crippen LogP contribution in [0.15, 0.2) is 39.3 Å². The molecule has 2 heterocycles. The van der Waals surface area contributed by atoms with Gasteiger partial charge in [0.15, 0.2) is 4.34 Å². The molecule has 0 unspecified atom stereocenters. The van der Waals surface area contributed by atoms with Crippen molar-refractivity contribution in [3.05, 3.63) is 41.8 Å². The third-order valence-electron chi connectivity index (χ3n) is 2.62. The normalized spacial score (nSPS) is 10.8. The van der Waals surface area contributed by atoms with Crippen molar-refractivity contribution in [2.45, 2.75) is 17.0 Å². The summed E-state index contributed by atoms with van der Waals surface area (Å²) in [6.07, 6.45) is 1.67. The second kappa shape index (κ2) is 5.64. The van der Waals surface area contributed by atoms with Crippen LogP contribution in [0, 0.1) is 6.92 Å². The Kier molecular flexibility index (Phi) is 3.70. The lowest BCUT2D eigenvalue weighted by Crippen LogP contribution is -1.82. The number of nitrogens with two attached hydrogens (primary N) is 1. The number of anilines is 1. The van der Waals surface area contributed by atoms with Gasteiger partial charge in [0.05, 0.1) is 5.69 Å². The van der Waals surface area contributed by atoms with E-state index in [4.69, 9.17) is 10.2 Å². The fourth-order valence-electron chi connectivity index (χ4n) is 1.62. The van der Waals surface area contributed by atoms with Crippen molar-refractivity contribution in [3.8, 4) is 11.5 Å². The number of rotatable bonds is 4. The Morgan fingerprint density at radius 3 is 2.75 bits per heavy atom. The molecule has 2 N–H and O–H groups in total. The number of aromatic nitrogens is 3. The second-order valence-electron chi connectivity index (χ2n) is 4.20. The van der Waals surface area contributed by atoms with Crippen molar-refractivity contribution in [2.24, 2.45) is 0 Å². The number of benzene rings is 1. The zero-order valence-electron chi connectivity index (χ0n) is 10.7. The predicted octanol–water partition coefficient (Wildman–Crippen LogP) is 3.38. The number of oxazole rings is 1. The van der Waals surface area contributed by atoms with Gasteiger partial charge in [-0.05, 0) is 19.1 Å². The lowest BCUT2D eigenvalue weighted by molar-refractivity contribution is 0.573. The Balaban J connectivity index is 1.69. The summed E-state index contributed by atoms with van der Waals surface area (Å²) in [5.41, 5.74) is 8.60. The molecule has 0 atom stereocenters.